The lowest BCUT2D eigenvalue weighted by molar-refractivity contribution is -0.126. The van der Waals surface area contributed by atoms with Crippen molar-refractivity contribution in [1.82, 2.24) is 10.6 Å². The Balaban J connectivity index is 1.70. The smallest absolute Gasteiger partial charge is 0.261 e. The van der Waals surface area contributed by atoms with E-state index in [1.54, 1.807) is 17.0 Å². The normalized spacial score (nSPS) is 15.7. The summed E-state index contributed by atoms with van der Waals surface area (Å²) in [5, 5.41) is 7.57. The summed E-state index contributed by atoms with van der Waals surface area (Å²) >= 11 is 1.31. The molecule has 194 valence electrons. The first kappa shape index (κ1) is 26.6. The molecule has 1 aliphatic heterocycles. The molecule has 1 saturated heterocycles. The van der Waals surface area contributed by atoms with Crippen molar-refractivity contribution in [3.05, 3.63) is 87.1 Å². The molecule has 37 heavy (non-hydrogen) atoms. The maximum absolute atomic E-state index is 13.9. The summed E-state index contributed by atoms with van der Waals surface area (Å²) < 4.78 is 5.69. The molecule has 3 aromatic rings. The molecule has 0 bridgehead atoms. The molecule has 0 spiro atoms. The zero-order valence-electron chi connectivity index (χ0n) is 21.5. The Morgan fingerprint density at radius 1 is 1.03 bits per heavy atom. The van der Waals surface area contributed by atoms with Crippen LogP contribution in [0.2, 0.25) is 0 Å². The van der Waals surface area contributed by atoms with Crippen molar-refractivity contribution in [3.8, 4) is 0 Å². The van der Waals surface area contributed by atoms with Gasteiger partial charge in [-0.1, -0.05) is 54.1 Å². The highest BCUT2D eigenvalue weighted by molar-refractivity contribution is 7.12. The zero-order valence-corrected chi connectivity index (χ0v) is 22.3. The van der Waals surface area contributed by atoms with Gasteiger partial charge in [0.15, 0.2) is 0 Å². The minimum absolute atomic E-state index is 0.0301. The van der Waals surface area contributed by atoms with E-state index in [4.69, 9.17) is 4.74 Å². The summed E-state index contributed by atoms with van der Waals surface area (Å²) in [7, 11) is 0. The third kappa shape index (κ3) is 6.45. The van der Waals surface area contributed by atoms with Crippen molar-refractivity contribution in [2.24, 2.45) is 0 Å². The quantitative estimate of drug-likeness (QED) is 0.437. The molecule has 4 rings (SSSR count). The van der Waals surface area contributed by atoms with Crippen LogP contribution >= 0.6 is 11.3 Å². The number of nitrogens with zero attached hydrogens (tertiary/aromatic N) is 1. The highest BCUT2D eigenvalue weighted by atomic mass is 32.1. The van der Waals surface area contributed by atoms with Gasteiger partial charge in [-0.25, -0.2) is 0 Å². The van der Waals surface area contributed by atoms with Crippen LogP contribution in [0.15, 0.2) is 60.0 Å². The summed E-state index contributed by atoms with van der Waals surface area (Å²) in [6.07, 6.45) is 1.83. The standard InChI is InChI=1S/C29H33N3O4S/c1-19-15-20(2)26(21(3)16-19)32(25(33)18-31-28(34)24-12-8-14-37-24)27(22-9-5-4-6-10-22)29(35)30-17-23-11-7-13-36-23/h4-6,8-10,12,14-16,23,27H,7,11,13,17-18H2,1-3H3,(H,30,35)(H,31,34)/t23-,27-/m0/s1. The van der Waals surface area contributed by atoms with Crippen LogP contribution in [-0.2, 0) is 14.3 Å². The van der Waals surface area contributed by atoms with Gasteiger partial charge in [0.2, 0.25) is 11.8 Å². The van der Waals surface area contributed by atoms with Crippen molar-refractivity contribution in [2.75, 3.05) is 24.6 Å². The van der Waals surface area contributed by atoms with E-state index in [-0.39, 0.29) is 30.4 Å². The van der Waals surface area contributed by atoms with Crippen molar-refractivity contribution < 1.29 is 19.1 Å². The topological polar surface area (TPSA) is 87.7 Å². The molecular formula is C29H33N3O4S. The lowest BCUT2D eigenvalue weighted by Crippen LogP contribution is -2.49. The van der Waals surface area contributed by atoms with E-state index in [2.05, 4.69) is 10.6 Å². The predicted molar refractivity (Wildman–Crippen MR) is 146 cm³/mol. The molecule has 0 unspecified atom stereocenters. The summed E-state index contributed by atoms with van der Waals surface area (Å²) in [5.74, 6) is -0.986. The molecule has 0 radical (unpaired) electrons. The second-order valence-corrected chi connectivity index (χ2v) is 10.3. The van der Waals surface area contributed by atoms with Crippen LogP contribution in [0.25, 0.3) is 0 Å². The number of carbonyl (C=O) groups excluding carboxylic acids is 3. The lowest BCUT2D eigenvalue weighted by Gasteiger charge is -2.34. The van der Waals surface area contributed by atoms with Gasteiger partial charge < -0.3 is 15.4 Å². The molecular weight excluding hydrogens is 486 g/mol. The third-order valence-corrected chi connectivity index (χ3v) is 7.31. The van der Waals surface area contributed by atoms with E-state index < -0.39 is 6.04 Å². The van der Waals surface area contributed by atoms with Crippen molar-refractivity contribution in [3.63, 3.8) is 0 Å². The van der Waals surface area contributed by atoms with Crippen LogP contribution in [0.4, 0.5) is 5.69 Å². The number of ether oxygens (including phenoxy) is 1. The maximum atomic E-state index is 13.9. The molecule has 0 aliphatic carbocycles. The molecule has 2 heterocycles. The van der Waals surface area contributed by atoms with Gasteiger partial charge >= 0.3 is 0 Å². The Bertz CT molecular complexity index is 1210. The molecule has 0 saturated carbocycles. The van der Waals surface area contributed by atoms with Gasteiger partial charge in [-0.3, -0.25) is 19.3 Å². The summed E-state index contributed by atoms with van der Waals surface area (Å²) in [6, 6.07) is 15.8. The van der Waals surface area contributed by atoms with Crippen molar-refractivity contribution in [1.29, 1.82) is 0 Å². The summed E-state index contributed by atoms with van der Waals surface area (Å²) in [6.45, 7) is 6.70. The Hall–Kier alpha value is -3.49. The molecule has 7 nitrogen and oxygen atoms in total. The number of thiophene rings is 1. The average molecular weight is 520 g/mol. The molecule has 1 aromatic heterocycles. The van der Waals surface area contributed by atoms with Crippen molar-refractivity contribution in [2.45, 2.75) is 45.8 Å². The highest BCUT2D eigenvalue weighted by Gasteiger charge is 2.35. The van der Waals surface area contributed by atoms with Crippen LogP contribution in [0.1, 0.15) is 50.8 Å². The van der Waals surface area contributed by atoms with Crippen molar-refractivity contribution >= 4 is 34.7 Å². The first-order valence-electron chi connectivity index (χ1n) is 12.5. The SMILES string of the molecule is Cc1cc(C)c(N(C(=O)CNC(=O)c2cccs2)[C@H](C(=O)NC[C@@H]2CCCO2)c2ccccc2)c(C)c1. The number of nitrogens with one attached hydrogen (secondary N) is 2. The first-order valence-corrected chi connectivity index (χ1v) is 13.4. The van der Waals surface area contributed by atoms with Crippen LogP contribution in [0.5, 0.6) is 0 Å². The Morgan fingerprint density at radius 3 is 2.38 bits per heavy atom. The second kappa shape index (κ2) is 12.2. The third-order valence-electron chi connectivity index (χ3n) is 6.44. The number of hydrogen-bond donors (Lipinski definition) is 2. The number of rotatable bonds is 9. The fourth-order valence-electron chi connectivity index (χ4n) is 4.86. The lowest BCUT2D eigenvalue weighted by atomic mass is 9.98. The molecule has 1 fully saturated rings. The molecule has 2 atom stereocenters. The van der Waals surface area contributed by atoms with Gasteiger partial charge in [-0.2, -0.15) is 0 Å². The van der Waals surface area contributed by atoms with Gasteiger partial charge in [0.05, 0.1) is 23.2 Å². The Kier molecular flexibility index (Phi) is 8.74. The minimum Gasteiger partial charge on any atom is -0.376 e. The van der Waals surface area contributed by atoms with Crippen LogP contribution in [0, 0.1) is 20.8 Å². The number of anilines is 1. The van der Waals surface area contributed by atoms with Gasteiger partial charge in [0.25, 0.3) is 5.91 Å². The predicted octanol–water partition coefficient (Wildman–Crippen LogP) is 4.47. The Labute approximate surface area is 221 Å². The Morgan fingerprint density at radius 2 is 1.76 bits per heavy atom. The fraction of sp³-hybridized carbons (Fsp3) is 0.345. The number of benzene rings is 2. The second-order valence-electron chi connectivity index (χ2n) is 9.36. The van der Waals surface area contributed by atoms with E-state index in [9.17, 15) is 14.4 Å². The molecule has 3 amide bonds. The molecule has 8 heteroatoms. The van der Waals surface area contributed by atoms with Gasteiger partial charge in [0, 0.05) is 13.2 Å². The van der Waals surface area contributed by atoms with E-state index >= 15 is 0 Å². The first-order chi connectivity index (χ1) is 17.8. The maximum Gasteiger partial charge on any atom is 0.261 e. The molecule has 1 aliphatic rings. The number of amides is 3. The molecule has 2 N–H and O–H groups in total. The summed E-state index contributed by atoms with van der Waals surface area (Å²) in [4.78, 5) is 42.4. The van der Waals surface area contributed by atoms with E-state index in [0.717, 1.165) is 29.5 Å². The van der Waals surface area contributed by atoms with E-state index in [1.165, 1.54) is 11.3 Å². The fourth-order valence-corrected chi connectivity index (χ4v) is 5.50. The van der Waals surface area contributed by atoms with Crippen LogP contribution in [0.3, 0.4) is 0 Å². The average Bonchev–Trinajstić information content (AvgIpc) is 3.60. The number of aryl methyl sites for hydroxylation is 3. The largest absolute Gasteiger partial charge is 0.376 e. The monoisotopic (exact) mass is 519 g/mol. The van der Waals surface area contributed by atoms with E-state index in [1.807, 2.05) is 68.6 Å². The van der Waals surface area contributed by atoms with Gasteiger partial charge in [0.1, 0.15) is 6.04 Å². The minimum atomic E-state index is -0.922. The summed E-state index contributed by atoms with van der Waals surface area (Å²) in [5.41, 5.74) is 4.18. The number of hydrogen-bond acceptors (Lipinski definition) is 5. The van der Waals surface area contributed by atoms with Gasteiger partial charge in [-0.05, 0) is 61.7 Å². The number of carbonyl (C=O) groups is 3. The zero-order chi connectivity index (χ0) is 26.4. The highest BCUT2D eigenvalue weighted by Crippen LogP contribution is 2.34. The van der Waals surface area contributed by atoms with E-state index in [0.29, 0.717) is 29.3 Å². The molecule has 2 aromatic carbocycles. The van der Waals surface area contributed by atoms with Crippen LogP contribution < -0.4 is 15.5 Å². The van der Waals surface area contributed by atoms with Crippen LogP contribution in [-0.4, -0.2) is 43.5 Å². The van der Waals surface area contributed by atoms with Gasteiger partial charge in [-0.15, -0.1) is 11.3 Å².